The molecular weight excluding hydrogens is 332 g/mol. The highest BCUT2D eigenvalue weighted by atomic mass is 32.2. The molecule has 0 amide bonds. The van der Waals surface area contributed by atoms with Crippen LogP contribution in [0.25, 0.3) is 0 Å². The van der Waals surface area contributed by atoms with E-state index >= 15 is 0 Å². The molecule has 0 radical (unpaired) electrons. The van der Waals surface area contributed by atoms with Crippen LogP contribution in [-0.4, -0.2) is 28.1 Å². The van der Waals surface area contributed by atoms with Crippen LogP contribution in [0.3, 0.4) is 0 Å². The standard InChI is InChI=1S/C12H14N2O4S3/c1-8-6-12(19-9(8)2)21(17,18)14-11-7-10(4-5-13-11)20(3,15)16/h4-7H,1-3H3,(H,13,14). The number of aryl methyl sites for hydroxylation is 2. The van der Waals surface area contributed by atoms with Crippen LogP contribution in [0.4, 0.5) is 5.82 Å². The van der Waals surface area contributed by atoms with Gasteiger partial charge in [0, 0.05) is 23.4 Å². The van der Waals surface area contributed by atoms with Crippen molar-refractivity contribution in [3.05, 3.63) is 34.8 Å². The monoisotopic (exact) mass is 346 g/mol. The van der Waals surface area contributed by atoms with Gasteiger partial charge in [0.15, 0.2) is 9.84 Å². The molecule has 6 nitrogen and oxygen atoms in total. The number of anilines is 1. The Morgan fingerprint density at radius 3 is 2.33 bits per heavy atom. The number of nitrogens with zero attached hydrogens (tertiary/aromatic N) is 1. The number of sulfone groups is 1. The van der Waals surface area contributed by atoms with Crippen molar-refractivity contribution in [3.8, 4) is 0 Å². The van der Waals surface area contributed by atoms with Crippen LogP contribution in [0.1, 0.15) is 10.4 Å². The second-order valence-corrected chi connectivity index (χ2v) is 9.74. The summed E-state index contributed by atoms with van der Waals surface area (Å²) in [6.07, 6.45) is 2.30. The maximum atomic E-state index is 12.2. The Bertz CT molecular complexity index is 863. The number of sulfonamides is 1. The molecule has 9 heteroatoms. The number of aromatic nitrogens is 1. The first-order valence-corrected chi connectivity index (χ1v) is 10.0. The highest BCUT2D eigenvalue weighted by Crippen LogP contribution is 2.26. The van der Waals surface area contributed by atoms with Crippen molar-refractivity contribution in [2.75, 3.05) is 11.0 Å². The predicted octanol–water partition coefficient (Wildman–Crippen LogP) is 1.96. The Morgan fingerprint density at radius 1 is 1.14 bits per heavy atom. The molecular formula is C12H14N2O4S3. The molecule has 2 rings (SSSR count). The van der Waals surface area contributed by atoms with E-state index in [0.29, 0.717) is 0 Å². The van der Waals surface area contributed by atoms with Crippen LogP contribution in [0.2, 0.25) is 0 Å². The van der Waals surface area contributed by atoms with Gasteiger partial charge in [0.25, 0.3) is 10.0 Å². The van der Waals surface area contributed by atoms with E-state index in [2.05, 4.69) is 9.71 Å². The zero-order valence-electron chi connectivity index (χ0n) is 11.6. The Balaban J connectivity index is 2.37. The van der Waals surface area contributed by atoms with Gasteiger partial charge in [0.05, 0.1) is 4.90 Å². The quantitative estimate of drug-likeness (QED) is 0.913. The van der Waals surface area contributed by atoms with E-state index in [1.165, 1.54) is 18.3 Å². The van der Waals surface area contributed by atoms with E-state index in [-0.39, 0.29) is 14.9 Å². The average molecular weight is 346 g/mol. The van der Waals surface area contributed by atoms with Crippen molar-refractivity contribution >= 4 is 37.0 Å². The zero-order valence-corrected chi connectivity index (χ0v) is 14.1. The molecule has 0 aromatic carbocycles. The van der Waals surface area contributed by atoms with E-state index in [1.807, 2.05) is 13.8 Å². The van der Waals surface area contributed by atoms with Crippen LogP contribution in [-0.2, 0) is 19.9 Å². The number of pyridine rings is 1. The maximum absolute atomic E-state index is 12.2. The van der Waals surface area contributed by atoms with Crippen LogP contribution in [0, 0.1) is 13.8 Å². The van der Waals surface area contributed by atoms with Crippen LogP contribution >= 0.6 is 11.3 Å². The van der Waals surface area contributed by atoms with Gasteiger partial charge in [0.1, 0.15) is 10.0 Å². The van der Waals surface area contributed by atoms with E-state index in [4.69, 9.17) is 0 Å². The minimum atomic E-state index is -3.77. The fraction of sp³-hybridized carbons (Fsp3) is 0.250. The predicted molar refractivity (Wildman–Crippen MR) is 81.9 cm³/mol. The van der Waals surface area contributed by atoms with E-state index in [0.717, 1.165) is 28.0 Å². The van der Waals surface area contributed by atoms with Gasteiger partial charge in [-0.1, -0.05) is 0 Å². The smallest absolute Gasteiger partial charge is 0.263 e. The number of thiophene rings is 1. The summed E-state index contributed by atoms with van der Waals surface area (Å²) < 4.78 is 49.9. The first-order valence-electron chi connectivity index (χ1n) is 5.85. The summed E-state index contributed by atoms with van der Waals surface area (Å²) in [6.45, 7) is 3.66. The van der Waals surface area contributed by atoms with E-state index in [9.17, 15) is 16.8 Å². The third kappa shape index (κ3) is 3.60. The molecule has 0 fully saturated rings. The van der Waals surface area contributed by atoms with Crippen LogP contribution in [0.15, 0.2) is 33.5 Å². The minimum absolute atomic E-state index is 0.00809. The molecule has 114 valence electrons. The Kier molecular flexibility index (Phi) is 4.09. The van der Waals surface area contributed by atoms with Gasteiger partial charge in [-0.05, 0) is 31.5 Å². The summed E-state index contributed by atoms with van der Waals surface area (Å²) in [4.78, 5) is 4.76. The summed E-state index contributed by atoms with van der Waals surface area (Å²) in [6, 6.07) is 4.08. The number of nitrogens with one attached hydrogen (secondary N) is 1. The third-order valence-corrected chi connectivity index (χ3v) is 6.90. The third-order valence-electron chi connectivity index (χ3n) is 2.81. The van der Waals surface area contributed by atoms with Crippen molar-refractivity contribution < 1.29 is 16.8 Å². The highest BCUT2D eigenvalue weighted by Gasteiger charge is 2.19. The first-order chi connectivity index (χ1) is 9.59. The molecule has 0 saturated carbocycles. The molecule has 2 aromatic rings. The lowest BCUT2D eigenvalue weighted by Crippen LogP contribution is -2.13. The molecule has 0 spiro atoms. The van der Waals surface area contributed by atoms with Gasteiger partial charge < -0.3 is 0 Å². The molecule has 0 saturated heterocycles. The SMILES string of the molecule is Cc1cc(S(=O)(=O)Nc2cc(S(C)(=O)=O)ccn2)sc1C. The zero-order chi connectivity index (χ0) is 15.8. The molecule has 2 aromatic heterocycles. The van der Waals surface area contributed by atoms with Crippen LogP contribution < -0.4 is 4.72 Å². The molecule has 2 heterocycles. The van der Waals surface area contributed by atoms with Crippen molar-refractivity contribution in [1.82, 2.24) is 4.98 Å². The van der Waals surface area contributed by atoms with Crippen molar-refractivity contribution in [3.63, 3.8) is 0 Å². The highest BCUT2D eigenvalue weighted by molar-refractivity contribution is 7.94. The van der Waals surface area contributed by atoms with Crippen molar-refractivity contribution in [2.24, 2.45) is 0 Å². The van der Waals surface area contributed by atoms with Crippen molar-refractivity contribution in [2.45, 2.75) is 23.0 Å². The van der Waals surface area contributed by atoms with Crippen LogP contribution in [0.5, 0.6) is 0 Å². The largest absolute Gasteiger partial charge is 0.272 e. The van der Waals surface area contributed by atoms with E-state index < -0.39 is 19.9 Å². The summed E-state index contributed by atoms with van der Waals surface area (Å²) in [5.74, 6) is -0.0263. The molecule has 0 unspecified atom stereocenters. The summed E-state index contributed by atoms with van der Waals surface area (Å²) in [7, 11) is -7.19. The van der Waals surface area contributed by atoms with Gasteiger partial charge in [-0.3, -0.25) is 4.72 Å². The summed E-state index contributed by atoms with van der Waals surface area (Å²) in [5.41, 5.74) is 0.887. The van der Waals surface area contributed by atoms with Gasteiger partial charge in [0.2, 0.25) is 0 Å². The lowest BCUT2D eigenvalue weighted by molar-refractivity contribution is 0.599. The molecule has 0 aliphatic rings. The summed E-state index contributed by atoms with van der Waals surface area (Å²) in [5, 5.41) is 0. The molecule has 0 aliphatic heterocycles. The Hall–Kier alpha value is -1.45. The fourth-order valence-corrected chi connectivity index (χ4v) is 4.71. The Morgan fingerprint density at radius 2 is 1.81 bits per heavy atom. The first kappa shape index (κ1) is 15.9. The topological polar surface area (TPSA) is 93.2 Å². The number of hydrogen-bond donors (Lipinski definition) is 1. The van der Waals surface area contributed by atoms with E-state index in [1.54, 1.807) is 6.07 Å². The lowest BCUT2D eigenvalue weighted by Gasteiger charge is -2.06. The molecule has 0 atom stereocenters. The van der Waals surface area contributed by atoms with Gasteiger partial charge >= 0.3 is 0 Å². The van der Waals surface area contributed by atoms with Gasteiger partial charge in [-0.25, -0.2) is 21.8 Å². The average Bonchev–Trinajstić information content (AvgIpc) is 2.69. The van der Waals surface area contributed by atoms with Gasteiger partial charge in [-0.15, -0.1) is 11.3 Å². The second kappa shape index (κ2) is 5.39. The molecule has 21 heavy (non-hydrogen) atoms. The molecule has 0 aliphatic carbocycles. The molecule has 1 N–H and O–H groups in total. The fourth-order valence-electron chi connectivity index (χ4n) is 1.56. The number of rotatable bonds is 4. The second-order valence-electron chi connectivity index (χ2n) is 4.56. The number of hydrogen-bond acceptors (Lipinski definition) is 6. The normalized spacial score (nSPS) is 12.3. The Labute approximate surface area is 127 Å². The maximum Gasteiger partial charge on any atom is 0.272 e. The molecule has 0 bridgehead atoms. The van der Waals surface area contributed by atoms with Crippen molar-refractivity contribution in [1.29, 1.82) is 0 Å². The summed E-state index contributed by atoms with van der Waals surface area (Å²) >= 11 is 1.15. The van der Waals surface area contributed by atoms with Gasteiger partial charge in [-0.2, -0.15) is 0 Å². The lowest BCUT2D eigenvalue weighted by atomic mass is 10.3. The minimum Gasteiger partial charge on any atom is -0.263 e.